The third-order valence-corrected chi connectivity index (χ3v) is 7.02. The first-order chi connectivity index (χ1) is 11.6. The molecule has 3 heterocycles. The summed E-state index contributed by atoms with van der Waals surface area (Å²) in [5.74, 6) is -0.473. The Labute approximate surface area is 143 Å². The molecule has 1 aromatic rings. The van der Waals surface area contributed by atoms with Crippen LogP contribution in [0.3, 0.4) is 0 Å². The molecule has 3 saturated heterocycles. The number of nitrogens with zero attached hydrogens (tertiary/aromatic N) is 1. The number of hydrogen-bond acceptors (Lipinski definition) is 6. The predicted octanol–water partition coefficient (Wildman–Crippen LogP) is 1.54. The number of cyclic esters (lactones) is 1. The molecule has 24 heavy (non-hydrogen) atoms. The molecule has 0 bridgehead atoms. The van der Waals surface area contributed by atoms with E-state index in [4.69, 9.17) is 14.3 Å². The van der Waals surface area contributed by atoms with E-state index in [0.717, 1.165) is 24.9 Å². The van der Waals surface area contributed by atoms with Gasteiger partial charge in [-0.15, -0.1) is 0 Å². The van der Waals surface area contributed by atoms with Crippen molar-refractivity contribution in [1.29, 1.82) is 0 Å². The Morgan fingerprint density at radius 1 is 1.38 bits per heavy atom. The molecule has 3 aliphatic heterocycles. The zero-order chi connectivity index (χ0) is 16.9. The lowest BCUT2D eigenvalue weighted by Gasteiger charge is -2.27. The summed E-state index contributed by atoms with van der Waals surface area (Å²) in [6, 6.07) is 7.21. The molecule has 0 amide bonds. The SMILES string of the molecule is CCO[C@H]1OC(=O)[C@@]2([S@@](=O)c3ccc(C)cc3)[C@@H]1ON1CCC[C@@H]12. The molecule has 0 spiro atoms. The van der Waals surface area contributed by atoms with E-state index in [9.17, 15) is 9.00 Å². The molecule has 0 aliphatic carbocycles. The van der Waals surface area contributed by atoms with Crippen molar-refractivity contribution in [3.63, 3.8) is 0 Å². The van der Waals surface area contributed by atoms with Gasteiger partial charge in [0.1, 0.15) is 0 Å². The molecule has 1 aromatic carbocycles. The fraction of sp³-hybridized carbons (Fsp3) is 0.588. The number of ether oxygens (including phenoxy) is 2. The molecule has 3 fully saturated rings. The van der Waals surface area contributed by atoms with Gasteiger partial charge in [-0.2, -0.15) is 5.06 Å². The van der Waals surface area contributed by atoms with Gasteiger partial charge in [0.05, 0.1) is 16.8 Å². The van der Waals surface area contributed by atoms with Gasteiger partial charge in [0.15, 0.2) is 10.9 Å². The fourth-order valence-electron chi connectivity index (χ4n) is 3.92. The highest BCUT2D eigenvalue weighted by Gasteiger charge is 2.73. The number of carbonyl (C=O) groups is 1. The maximum absolute atomic E-state index is 13.5. The quantitative estimate of drug-likeness (QED) is 0.767. The van der Waals surface area contributed by atoms with Gasteiger partial charge in [-0.25, -0.2) is 0 Å². The number of hydroxylamine groups is 2. The topological polar surface area (TPSA) is 65.1 Å². The van der Waals surface area contributed by atoms with E-state index in [0.29, 0.717) is 11.5 Å². The minimum Gasteiger partial charge on any atom is -0.431 e. The van der Waals surface area contributed by atoms with E-state index in [1.54, 1.807) is 0 Å². The van der Waals surface area contributed by atoms with Gasteiger partial charge in [0.25, 0.3) is 0 Å². The number of benzene rings is 1. The molecule has 3 aliphatic rings. The Hall–Kier alpha value is -1.28. The first-order valence-electron chi connectivity index (χ1n) is 8.33. The van der Waals surface area contributed by atoms with Crippen LogP contribution >= 0.6 is 0 Å². The smallest absolute Gasteiger partial charge is 0.332 e. The molecule has 5 atom stereocenters. The van der Waals surface area contributed by atoms with Crippen LogP contribution in [0.25, 0.3) is 0 Å². The third-order valence-electron chi connectivity index (χ3n) is 5.03. The Bertz CT molecular complexity index is 678. The Kier molecular flexibility index (Phi) is 3.99. The third kappa shape index (κ3) is 2.12. The monoisotopic (exact) mass is 351 g/mol. The van der Waals surface area contributed by atoms with Crippen LogP contribution in [0.4, 0.5) is 0 Å². The van der Waals surface area contributed by atoms with E-state index in [2.05, 4.69) is 0 Å². The first kappa shape index (κ1) is 16.2. The van der Waals surface area contributed by atoms with Crippen molar-refractivity contribution >= 4 is 16.8 Å². The van der Waals surface area contributed by atoms with Crippen molar-refractivity contribution in [1.82, 2.24) is 5.06 Å². The second kappa shape index (κ2) is 5.91. The standard InChI is InChI=1S/C17H21NO5S/c1-3-21-15-14-17(16(19)22-15,13-5-4-10-18(13)23-14)24(20)12-8-6-11(2)7-9-12/h6-9,13-15H,3-5,10H2,1-2H3/t13-,14-,15+,17+,24+/m1/s1. The predicted molar refractivity (Wildman–Crippen MR) is 86.4 cm³/mol. The molecule has 0 radical (unpaired) electrons. The number of fused-ring (bicyclic) bond motifs is 3. The average molecular weight is 351 g/mol. The highest BCUT2D eigenvalue weighted by Crippen LogP contribution is 2.50. The Morgan fingerprint density at radius 3 is 2.83 bits per heavy atom. The van der Waals surface area contributed by atoms with Crippen LogP contribution in [-0.4, -0.2) is 51.6 Å². The molecule has 0 N–H and O–H groups in total. The summed E-state index contributed by atoms with van der Waals surface area (Å²) in [4.78, 5) is 19.5. The van der Waals surface area contributed by atoms with Crippen molar-refractivity contribution in [2.24, 2.45) is 0 Å². The first-order valence-corrected chi connectivity index (χ1v) is 9.48. The van der Waals surface area contributed by atoms with E-state index in [1.165, 1.54) is 0 Å². The van der Waals surface area contributed by atoms with Gasteiger partial charge in [0, 0.05) is 18.0 Å². The summed E-state index contributed by atoms with van der Waals surface area (Å²) in [6.45, 7) is 4.94. The van der Waals surface area contributed by atoms with Crippen LogP contribution in [0.1, 0.15) is 25.3 Å². The summed E-state index contributed by atoms with van der Waals surface area (Å²) in [6.07, 6.45) is 0.207. The number of rotatable bonds is 4. The molecule has 7 heteroatoms. The zero-order valence-electron chi connectivity index (χ0n) is 13.8. The highest BCUT2D eigenvalue weighted by atomic mass is 32.2. The van der Waals surface area contributed by atoms with Crippen molar-refractivity contribution in [2.75, 3.05) is 13.2 Å². The second-order valence-electron chi connectivity index (χ2n) is 6.43. The molecular formula is C17H21NO5S. The van der Waals surface area contributed by atoms with Gasteiger partial charge in [-0.3, -0.25) is 13.8 Å². The van der Waals surface area contributed by atoms with E-state index >= 15 is 0 Å². The average Bonchev–Trinajstić information content (AvgIpc) is 3.20. The van der Waals surface area contributed by atoms with Crippen LogP contribution in [0.5, 0.6) is 0 Å². The molecule has 0 aromatic heterocycles. The number of hydrogen-bond donors (Lipinski definition) is 0. The van der Waals surface area contributed by atoms with Gasteiger partial charge in [-0.05, 0) is 38.8 Å². The summed E-state index contributed by atoms with van der Waals surface area (Å²) >= 11 is 0. The minimum atomic E-state index is -1.58. The fourth-order valence-corrected chi connectivity index (χ4v) is 5.74. The van der Waals surface area contributed by atoms with Gasteiger partial charge in [-0.1, -0.05) is 17.7 Å². The highest BCUT2D eigenvalue weighted by molar-refractivity contribution is 7.87. The van der Waals surface area contributed by atoms with Crippen molar-refractivity contribution in [3.05, 3.63) is 29.8 Å². The van der Waals surface area contributed by atoms with Crippen LogP contribution in [0.2, 0.25) is 0 Å². The van der Waals surface area contributed by atoms with E-state index < -0.39 is 33.9 Å². The summed E-state index contributed by atoms with van der Waals surface area (Å²) in [5, 5.41) is 1.81. The van der Waals surface area contributed by atoms with E-state index in [1.807, 2.05) is 43.2 Å². The molecule has 0 unspecified atom stereocenters. The zero-order valence-corrected chi connectivity index (χ0v) is 14.6. The normalized spacial score (nSPS) is 36.4. The molecule has 4 rings (SSSR count). The van der Waals surface area contributed by atoms with Gasteiger partial charge in [0.2, 0.25) is 6.29 Å². The van der Waals surface area contributed by atoms with Gasteiger partial charge < -0.3 is 9.47 Å². The van der Waals surface area contributed by atoms with Crippen LogP contribution in [-0.2, 0) is 29.9 Å². The summed E-state index contributed by atoms with van der Waals surface area (Å²) < 4.78 is 23.3. The lowest BCUT2D eigenvalue weighted by Crippen LogP contribution is -2.54. The molecule has 0 saturated carbocycles. The molecule has 130 valence electrons. The number of aryl methyl sites for hydroxylation is 1. The Morgan fingerprint density at radius 2 is 2.12 bits per heavy atom. The van der Waals surface area contributed by atoms with E-state index in [-0.39, 0.29) is 6.04 Å². The van der Waals surface area contributed by atoms with Gasteiger partial charge >= 0.3 is 5.97 Å². The number of carbonyl (C=O) groups excluding carboxylic acids is 1. The van der Waals surface area contributed by atoms with Crippen LogP contribution < -0.4 is 0 Å². The lowest BCUT2D eigenvalue weighted by molar-refractivity contribution is -0.226. The minimum absolute atomic E-state index is 0.234. The summed E-state index contributed by atoms with van der Waals surface area (Å²) in [7, 11) is -1.58. The van der Waals surface area contributed by atoms with Crippen molar-refractivity contribution < 1.29 is 23.3 Å². The summed E-state index contributed by atoms with van der Waals surface area (Å²) in [5.41, 5.74) is 1.08. The molecule has 6 nitrogen and oxygen atoms in total. The van der Waals surface area contributed by atoms with Crippen molar-refractivity contribution in [2.45, 2.75) is 54.8 Å². The second-order valence-corrected chi connectivity index (χ2v) is 8.11. The maximum atomic E-state index is 13.5. The Balaban J connectivity index is 1.79. The van der Waals surface area contributed by atoms with Crippen molar-refractivity contribution in [3.8, 4) is 0 Å². The largest absolute Gasteiger partial charge is 0.431 e. The lowest BCUT2D eigenvalue weighted by atomic mass is 9.94. The number of esters is 1. The van der Waals surface area contributed by atoms with Crippen LogP contribution in [0, 0.1) is 6.92 Å². The molecular weight excluding hydrogens is 330 g/mol. The maximum Gasteiger partial charge on any atom is 0.332 e. The van der Waals surface area contributed by atoms with Crippen LogP contribution in [0.15, 0.2) is 29.2 Å².